The molecule has 0 bridgehead atoms. The molecular formula is C15H22N2O3. The Morgan fingerprint density at radius 2 is 2.10 bits per heavy atom. The fourth-order valence-electron chi connectivity index (χ4n) is 2.86. The topological polar surface area (TPSA) is 75.8 Å². The molecule has 0 saturated heterocycles. The predicted molar refractivity (Wildman–Crippen MR) is 78.9 cm³/mol. The Bertz CT molecular complexity index is 496. The van der Waals surface area contributed by atoms with Crippen LogP contribution in [0.3, 0.4) is 0 Å². The first kappa shape index (κ1) is 14.7. The number of aliphatic hydroxyl groups is 1. The maximum Gasteiger partial charge on any atom is 0.337 e. The van der Waals surface area contributed by atoms with E-state index in [2.05, 4.69) is 4.74 Å². The largest absolute Gasteiger partial charge is 0.465 e. The van der Waals surface area contributed by atoms with Crippen molar-refractivity contribution in [1.82, 2.24) is 0 Å². The van der Waals surface area contributed by atoms with Crippen LogP contribution in [0.5, 0.6) is 0 Å². The Morgan fingerprint density at radius 1 is 1.45 bits per heavy atom. The average Bonchev–Trinajstić information content (AvgIpc) is 2.83. The van der Waals surface area contributed by atoms with Gasteiger partial charge in [-0.2, -0.15) is 0 Å². The molecule has 0 atom stereocenters. The molecule has 0 aromatic heterocycles. The van der Waals surface area contributed by atoms with Crippen molar-refractivity contribution in [3.8, 4) is 0 Å². The number of ether oxygens (including phenoxy) is 1. The number of nitrogens with zero attached hydrogens (tertiary/aromatic N) is 1. The number of carbonyl (C=O) groups is 1. The van der Waals surface area contributed by atoms with Gasteiger partial charge >= 0.3 is 5.97 Å². The van der Waals surface area contributed by atoms with Gasteiger partial charge in [-0.25, -0.2) is 4.79 Å². The number of esters is 1. The quantitative estimate of drug-likeness (QED) is 0.649. The number of hydrogen-bond donors (Lipinski definition) is 2. The molecule has 0 aliphatic heterocycles. The van der Waals surface area contributed by atoms with E-state index in [1.54, 1.807) is 18.2 Å². The Kier molecular flexibility index (Phi) is 4.18. The van der Waals surface area contributed by atoms with Gasteiger partial charge in [-0.05, 0) is 31.0 Å². The molecule has 110 valence electrons. The number of likely N-dealkylation sites (N-methyl/N-ethyl adjacent to an activating group) is 1. The van der Waals surface area contributed by atoms with Crippen molar-refractivity contribution in [3.63, 3.8) is 0 Å². The van der Waals surface area contributed by atoms with Crippen molar-refractivity contribution in [2.75, 3.05) is 31.3 Å². The van der Waals surface area contributed by atoms with Crippen LogP contribution in [0.4, 0.5) is 11.4 Å². The molecule has 1 aliphatic carbocycles. The summed E-state index contributed by atoms with van der Waals surface area (Å²) in [6.07, 6.45) is 3.80. The van der Waals surface area contributed by atoms with Gasteiger partial charge in [0.2, 0.25) is 0 Å². The van der Waals surface area contributed by atoms with E-state index < -0.39 is 11.6 Å². The minimum Gasteiger partial charge on any atom is -0.465 e. The van der Waals surface area contributed by atoms with E-state index in [1.807, 2.05) is 11.9 Å². The highest BCUT2D eigenvalue weighted by molar-refractivity contribution is 5.91. The van der Waals surface area contributed by atoms with E-state index in [-0.39, 0.29) is 0 Å². The Hall–Kier alpha value is -1.75. The average molecular weight is 278 g/mol. The van der Waals surface area contributed by atoms with Gasteiger partial charge in [-0.1, -0.05) is 12.8 Å². The number of hydrogen-bond acceptors (Lipinski definition) is 5. The third kappa shape index (κ3) is 3.04. The third-order valence-corrected chi connectivity index (χ3v) is 3.93. The Balaban J connectivity index is 2.14. The van der Waals surface area contributed by atoms with Crippen molar-refractivity contribution in [2.24, 2.45) is 0 Å². The van der Waals surface area contributed by atoms with E-state index >= 15 is 0 Å². The highest BCUT2D eigenvalue weighted by Gasteiger charge is 2.32. The van der Waals surface area contributed by atoms with E-state index in [4.69, 9.17) is 5.73 Å². The zero-order chi connectivity index (χ0) is 14.8. The predicted octanol–water partition coefficient (Wildman–Crippen LogP) is 1.80. The molecule has 2 rings (SSSR count). The van der Waals surface area contributed by atoms with Gasteiger partial charge in [0.25, 0.3) is 0 Å². The number of nitrogen functional groups attached to an aromatic ring is 1. The first-order chi connectivity index (χ1) is 9.45. The molecular weight excluding hydrogens is 256 g/mol. The maximum atomic E-state index is 11.4. The lowest BCUT2D eigenvalue weighted by Crippen LogP contribution is -2.39. The number of carbonyl (C=O) groups excluding carboxylic acids is 1. The lowest BCUT2D eigenvalue weighted by Gasteiger charge is -2.30. The minimum atomic E-state index is -0.623. The summed E-state index contributed by atoms with van der Waals surface area (Å²) >= 11 is 0. The third-order valence-electron chi connectivity index (χ3n) is 3.93. The molecule has 0 heterocycles. The van der Waals surface area contributed by atoms with Crippen molar-refractivity contribution in [1.29, 1.82) is 0 Å². The second-order valence-electron chi connectivity index (χ2n) is 5.55. The van der Waals surface area contributed by atoms with Crippen molar-refractivity contribution in [2.45, 2.75) is 31.3 Å². The van der Waals surface area contributed by atoms with Gasteiger partial charge in [-0.3, -0.25) is 0 Å². The molecule has 5 nitrogen and oxygen atoms in total. The van der Waals surface area contributed by atoms with E-state index in [0.29, 0.717) is 17.8 Å². The standard InChI is InChI=1S/C15H22N2O3/c1-17(10-15(19)7-3-4-8-15)13-6-5-11(9-12(13)16)14(18)20-2/h5-6,9,19H,3-4,7-8,10,16H2,1-2H3. The molecule has 3 N–H and O–H groups in total. The summed E-state index contributed by atoms with van der Waals surface area (Å²) in [5.74, 6) is -0.402. The summed E-state index contributed by atoms with van der Waals surface area (Å²) in [7, 11) is 3.24. The van der Waals surface area contributed by atoms with Crippen LogP contribution in [0, 0.1) is 0 Å². The van der Waals surface area contributed by atoms with Gasteiger partial charge in [-0.15, -0.1) is 0 Å². The van der Waals surface area contributed by atoms with Crippen LogP contribution >= 0.6 is 0 Å². The number of benzene rings is 1. The summed E-state index contributed by atoms with van der Waals surface area (Å²) in [5.41, 5.74) is 7.14. The van der Waals surface area contributed by atoms with Crippen LogP contribution in [-0.2, 0) is 4.74 Å². The second-order valence-corrected chi connectivity index (χ2v) is 5.55. The van der Waals surface area contributed by atoms with Crippen LogP contribution < -0.4 is 10.6 Å². The number of nitrogens with two attached hydrogens (primary N) is 1. The SMILES string of the molecule is COC(=O)c1ccc(N(C)CC2(O)CCCC2)c(N)c1. The second kappa shape index (κ2) is 5.71. The van der Waals surface area contributed by atoms with Gasteiger partial charge < -0.3 is 20.5 Å². The van der Waals surface area contributed by atoms with Crippen LogP contribution in [0.2, 0.25) is 0 Å². The molecule has 1 fully saturated rings. The smallest absolute Gasteiger partial charge is 0.337 e. The highest BCUT2D eigenvalue weighted by Crippen LogP contribution is 2.32. The molecule has 0 amide bonds. The lowest BCUT2D eigenvalue weighted by molar-refractivity contribution is 0.0558. The van der Waals surface area contributed by atoms with Crippen LogP contribution in [-0.4, -0.2) is 37.4 Å². The minimum absolute atomic E-state index is 0.402. The van der Waals surface area contributed by atoms with Crippen LogP contribution in [0.15, 0.2) is 18.2 Å². The molecule has 20 heavy (non-hydrogen) atoms. The van der Waals surface area contributed by atoms with Gasteiger partial charge in [0.05, 0.1) is 29.6 Å². The van der Waals surface area contributed by atoms with Crippen LogP contribution in [0.1, 0.15) is 36.0 Å². The monoisotopic (exact) mass is 278 g/mol. The number of anilines is 2. The van der Waals surface area contributed by atoms with Gasteiger partial charge in [0.1, 0.15) is 0 Å². The van der Waals surface area contributed by atoms with E-state index in [1.165, 1.54) is 7.11 Å². The summed E-state index contributed by atoms with van der Waals surface area (Å²) < 4.78 is 4.67. The van der Waals surface area contributed by atoms with Gasteiger partial charge in [0.15, 0.2) is 0 Å². The number of methoxy groups -OCH3 is 1. The maximum absolute atomic E-state index is 11.4. The first-order valence-corrected chi connectivity index (χ1v) is 6.86. The van der Waals surface area contributed by atoms with Gasteiger partial charge in [0, 0.05) is 13.6 Å². The van der Waals surface area contributed by atoms with Crippen molar-refractivity contribution in [3.05, 3.63) is 23.8 Å². The first-order valence-electron chi connectivity index (χ1n) is 6.86. The van der Waals surface area contributed by atoms with E-state index in [0.717, 1.165) is 31.4 Å². The summed E-state index contributed by atoms with van der Waals surface area (Å²) in [5, 5.41) is 10.4. The summed E-state index contributed by atoms with van der Waals surface area (Å²) in [6, 6.07) is 5.09. The Morgan fingerprint density at radius 3 is 2.65 bits per heavy atom. The summed E-state index contributed by atoms with van der Waals surface area (Å²) in [4.78, 5) is 13.4. The van der Waals surface area contributed by atoms with Crippen molar-refractivity contribution >= 4 is 17.3 Å². The molecule has 0 unspecified atom stereocenters. The molecule has 5 heteroatoms. The molecule has 1 saturated carbocycles. The van der Waals surface area contributed by atoms with E-state index in [9.17, 15) is 9.90 Å². The number of rotatable bonds is 4. The zero-order valence-electron chi connectivity index (χ0n) is 12.1. The molecule has 1 aromatic carbocycles. The zero-order valence-corrected chi connectivity index (χ0v) is 12.1. The summed E-state index contributed by atoms with van der Waals surface area (Å²) in [6.45, 7) is 0.550. The fourth-order valence-corrected chi connectivity index (χ4v) is 2.86. The molecule has 0 radical (unpaired) electrons. The molecule has 0 spiro atoms. The highest BCUT2D eigenvalue weighted by atomic mass is 16.5. The Labute approximate surface area is 119 Å². The molecule has 1 aliphatic rings. The fraction of sp³-hybridized carbons (Fsp3) is 0.533. The molecule has 1 aromatic rings. The lowest BCUT2D eigenvalue weighted by atomic mass is 10.0. The van der Waals surface area contributed by atoms with Crippen LogP contribution in [0.25, 0.3) is 0 Å². The normalized spacial score (nSPS) is 16.9. The van der Waals surface area contributed by atoms with Crippen molar-refractivity contribution < 1.29 is 14.6 Å².